The molecule has 2 heteroatoms. The molecule has 0 saturated heterocycles. The maximum Gasteiger partial charge on any atom is 0.0603 e. The largest absolute Gasteiger partial charge is 0.381 e. The fourth-order valence-corrected chi connectivity index (χ4v) is 1.00. The van der Waals surface area contributed by atoms with Gasteiger partial charge in [-0.2, -0.15) is 0 Å². The minimum atomic E-state index is 0.521. The standard InChI is InChI=1S/C10H16N2/c1-4-8(2)12-10-6-5-7-11-9(10)3/h5-8,12H,4H2,1-3H3/t8-/m0/s1. The van der Waals surface area contributed by atoms with Crippen LogP contribution in [-0.4, -0.2) is 11.0 Å². The maximum atomic E-state index is 4.20. The van der Waals surface area contributed by atoms with Crippen LogP contribution < -0.4 is 5.32 Å². The number of hydrogen-bond acceptors (Lipinski definition) is 2. The molecular formula is C10H16N2. The Morgan fingerprint density at radius 2 is 2.33 bits per heavy atom. The zero-order valence-corrected chi connectivity index (χ0v) is 7.96. The summed E-state index contributed by atoms with van der Waals surface area (Å²) in [4.78, 5) is 4.20. The van der Waals surface area contributed by atoms with E-state index in [1.807, 2.05) is 19.2 Å². The third-order valence-electron chi connectivity index (χ3n) is 2.02. The number of aryl methyl sites for hydroxylation is 1. The van der Waals surface area contributed by atoms with Crippen molar-refractivity contribution >= 4 is 5.69 Å². The van der Waals surface area contributed by atoms with Gasteiger partial charge in [0, 0.05) is 12.2 Å². The van der Waals surface area contributed by atoms with Gasteiger partial charge in [-0.3, -0.25) is 4.98 Å². The molecule has 1 aromatic heterocycles. The predicted molar refractivity (Wildman–Crippen MR) is 52.3 cm³/mol. The van der Waals surface area contributed by atoms with Crippen LogP contribution in [0.3, 0.4) is 0 Å². The van der Waals surface area contributed by atoms with Crippen molar-refractivity contribution in [2.24, 2.45) is 0 Å². The highest BCUT2D eigenvalue weighted by molar-refractivity contribution is 5.47. The summed E-state index contributed by atoms with van der Waals surface area (Å²) in [6.45, 7) is 6.36. The van der Waals surface area contributed by atoms with Gasteiger partial charge in [-0.1, -0.05) is 6.92 Å². The van der Waals surface area contributed by atoms with Crippen molar-refractivity contribution in [3.05, 3.63) is 24.0 Å². The summed E-state index contributed by atoms with van der Waals surface area (Å²) in [6, 6.07) is 4.54. The first-order chi connectivity index (χ1) is 5.74. The molecule has 1 aromatic rings. The van der Waals surface area contributed by atoms with E-state index in [9.17, 15) is 0 Å². The maximum absolute atomic E-state index is 4.20. The summed E-state index contributed by atoms with van der Waals surface area (Å²) in [5, 5.41) is 3.40. The zero-order chi connectivity index (χ0) is 8.97. The van der Waals surface area contributed by atoms with Gasteiger partial charge in [0.2, 0.25) is 0 Å². The number of nitrogens with zero attached hydrogens (tertiary/aromatic N) is 1. The van der Waals surface area contributed by atoms with Crippen molar-refractivity contribution in [3.63, 3.8) is 0 Å². The van der Waals surface area contributed by atoms with Gasteiger partial charge in [0.1, 0.15) is 0 Å². The molecule has 66 valence electrons. The topological polar surface area (TPSA) is 24.9 Å². The minimum Gasteiger partial charge on any atom is -0.381 e. The molecule has 12 heavy (non-hydrogen) atoms. The lowest BCUT2D eigenvalue weighted by Gasteiger charge is -2.13. The van der Waals surface area contributed by atoms with Crippen molar-refractivity contribution < 1.29 is 0 Å². The van der Waals surface area contributed by atoms with E-state index in [0.29, 0.717) is 6.04 Å². The second-order valence-corrected chi connectivity index (χ2v) is 3.09. The lowest BCUT2D eigenvalue weighted by atomic mass is 10.2. The lowest BCUT2D eigenvalue weighted by molar-refractivity contribution is 0.762. The van der Waals surface area contributed by atoms with Crippen LogP contribution in [0.5, 0.6) is 0 Å². The van der Waals surface area contributed by atoms with Crippen molar-refractivity contribution in [2.45, 2.75) is 33.2 Å². The van der Waals surface area contributed by atoms with Crippen molar-refractivity contribution in [3.8, 4) is 0 Å². The molecular weight excluding hydrogens is 148 g/mol. The first-order valence-electron chi connectivity index (χ1n) is 4.42. The van der Waals surface area contributed by atoms with Crippen LogP contribution in [0.1, 0.15) is 26.0 Å². The van der Waals surface area contributed by atoms with Gasteiger partial charge < -0.3 is 5.32 Å². The normalized spacial score (nSPS) is 12.6. The predicted octanol–water partition coefficient (Wildman–Crippen LogP) is 2.60. The molecule has 0 bridgehead atoms. The molecule has 1 heterocycles. The van der Waals surface area contributed by atoms with E-state index in [1.54, 1.807) is 0 Å². The molecule has 0 aliphatic heterocycles. The Kier molecular flexibility index (Phi) is 3.09. The minimum absolute atomic E-state index is 0.521. The molecule has 0 amide bonds. The van der Waals surface area contributed by atoms with Crippen LogP contribution >= 0.6 is 0 Å². The van der Waals surface area contributed by atoms with E-state index in [4.69, 9.17) is 0 Å². The van der Waals surface area contributed by atoms with Gasteiger partial charge in [0.05, 0.1) is 11.4 Å². The number of hydrogen-bond donors (Lipinski definition) is 1. The average molecular weight is 164 g/mol. The van der Waals surface area contributed by atoms with E-state index >= 15 is 0 Å². The molecule has 2 nitrogen and oxygen atoms in total. The first kappa shape index (κ1) is 9.04. The number of rotatable bonds is 3. The SMILES string of the molecule is CC[C@H](C)Nc1cccnc1C. The van der Waals surface area contributed by atoms with Crippen LogP contribution in [-0.2, 0) is 0 Å². The number of anilines is 1. The quantitative estimate of drug-likeness (QED) is 0.742. The van der Waals surface area contributed by atoms with E-state index in [-0.39, 0.29) is 0 Å². The van der Waals surface area contributed by atoms with E-state index in [0.717, 1.165) is 17.8 Å². The number of aromatic nitrogens is 1. The molecule has 1 rings (SSSR count). The highest BCUT2D eigenvalue weighted by Crippen LogP contribution is 2.12. The molecule has 0 radical (unpaired) electrons. The highest BCUT2D eigenvalue weighted by atomic mass is 14.9. The summed E-state index contributed by atoms with van der Waals surface area (Å²) in [6.07, 6.45) is 2.95. The van der Waals surface area contributed by atoms with Gasteiger partial charge in [-0.15, -0.1) is 0 Å². The Labute approximate surface area is 74.0 Å². The molecule has 0 fully saturated rings. The van der Waals surface area contributed by atoms with Gasteiger partial charge in [0.15, 0.2) is 0 Å². The summed E-state index contributed by atoms with van der Waals surface area (Å²) < 4.78 is 0. The first-order valence-corrected chi connectivity index (χ1v) is 4.42. The Morgan fingerprint density at radius 1 is 1.58 bits per heavy atom. The number of nitrogens with one attached hydrogen (secondary N) is 1. The number of pyridine rings is 1. The van der Waals surface area contributed by atoms with Crippen molar-refractivity contribution in [1.29, 1.82) is 0 Å². The van der Waals surface area contributed by atoms with Gasteiger partial charge in [-0.25, -0.2) is 0 Å². The third-order valence-corrected chi connectivity index (χ3v) is 2.02. The summed E-state index contributed by atoms with van der Waals surface area (Å²) in [5.74, 6) is 0. The van der Waals surface area contributed by atoms with Crippen LogP contribution in [0, 0.1) is 6.92 Å². The van der Waals surface area contributed by atoms with Crippen LogP contribution in [0.25, 0.3) is 0 Å². The monoisotopic (exact) mass is 164 g/mol. The van der Waals surface area contributed by atoms with Gasteiger partial charge >= 0.3 is 0 Å². The molecule has 1 N–H and O–H groups in total. The smallest absolute Gasteiger partial charge is 0.0603 e. The molecule has 0 saturated carbocycles. The molecule has 1 atom stereocenters. The third kappa shape index (κ3) is 2.22. The Balaban J connectivity index is 2.69. The molecule has 0 aliphatic carbocycles. The lowest BCUT2D eigenvalue weighted by Crippen LogP contribution is -2.14. The zero-order valence-electron chi connectivity index (χ0n) is 7.96. The fourth-order valence-electron chi connectivity index (χ4n) is 1.00. The Hall–Kier alpha value is -1.05. The fraction of sp³-hybridized carbons (Fsp3) is 0.500. The second-order valence-electron chi connectivity index (χ2n) is 3.09. The van der Waals surface area contributed by atoms with Gasteiger partial charge in [0.25, 0.3) is 0 Å². The Bertz CT molecular complexity index is 245. The molecule has 0 unspecified atom stereocenters. The van der Waals surface area contributed by atoms with E-state index < -0.39 is 0 Å². The molecule has 0 aromatic carbocycles. The summed E-state index contributed by atoms with van der Waals surface area (Å²) >= 11 is 0. The van der Waals surface area contributed by atoms with E-state index in [1.165, 1.54) is 0 Å². The van der Waals surface area contributed by atoms with Crippen LogP contribution in [0.2, 0.25) is 0 Å². The van der Waals surface area contributed by atoms with Gasteiger partial charge in [-0.05, 0) is 32.4 Å². The van der Waals surface area contributed by atoms with Crippen molar-refractivity contribution in [2.75, 3.05) is 5.32 Å². The van der Waals surface area contributed by atoms with Crippen LogP contribution in [0.4, 0.5) is 5.69 Å². The summed E-state index contributed by atoms with van der Waals surface area (Å²) in [7, 11) is 0. The average Bonchev–Trinajstić information content (AvgIpc) is 2.09. The van der Waals surface area contributed by atoms with E-state index in [2.05, 4.69) is 30.2 Å². The molecule has 0 aliphatic rings. The van der Waals surface area contributed by atoms with Crippen molar-refractivity contribution in [1.82, 2.24) is 4.98 Å². The summed E-state index contributed by atoms with van der Waals surface area (Å²) in [5.41, 5.74) is 2.21. The highest BCUT2D eigenvalue weighted by Gasteiger charge is 2.00. The second kappa shape index (κ2) is 4.10. The van der Waals surface area contributed by atoms with Crippen LogP contribution in [0.15, 0.2) is 18.3 Å². The molecule has 0 spiro atoms. The Morgan fingerprint density at radius 3 is 2.92 bits per heavy atom.